The summed E-state index contributed by atoms with van der Waals surface area (Å²) in [6, 6.07) is 1.73. The third-order valence-corrected chi connectivity index (χ3v) is 2.35. The van der Waals surface area contributed by atoms with E-state index in [9.17, 15) is 13.6 Å². The predicted molar refractivity (Wildman–Crippen MR) is 67.2 cm³/mol. The summed E-state index contributed by atoms with van der Waals surface area (Å²) >= 11 is 0. The molecule has 18 heavy (non-hydrogen) atoms. The summed E-state index contributed by atoms with van der Waals surface area (Å²) in [5.41, 5.74) is 4.48. The first-order chi connectivity index (χ1) is 8.11. The van der Waals surface area contributed by atoms with Gasteiger partial charge in [-0.05, 0) is 17.5 Å². The Bertz CT molecular complexity index is 467. The number of nitrogens with zero attached hydrogens (tertiary/aromatic N) is 1. The van der Waals surface area contributed by atoms with Crippen LogP contribution in [0.3, 0.4) is 0 Å². The van der Waals surface area contributed by atoms with Crippen molar-refractivity contribution in [1.29, 1.82) is 0 Å². The zero-order valence-corrected chi connectivity index (χ0v) is 11.1. The minimum atomic E-state index is -0.873. The molecule has 0 atom stereocenters. The lowest BCUT2D eigenvalue weighted by Gasteiger charge is -2.26. The van der Waals surface area contributed by atoms with Crippen LogP contribution in [-0.2, 0) is 0 Å². The molecule has 0 saturated carbocycles. The maximum Gasteiger partial charge on any atom is 0.256 e. The molecule has 1 aromatic rings. The van der Waals surface area contributed by atoms with E-state index in [4.69, 9.17) is 5.73 Å². The second-order valence-corrected chi connectivity index (χ2v) is 5.58. The van der Waals surface area contributed by atoms with Gasteiger partial charge in [-0.25, -0.2) is 8.78 Å². The first-order valence-electron chi connectivity index (χ1n) is 5.62. The first kappa shape index (κ1) is 14.4. The van der Waals surface area contributed by atoms with Crippen LogP contribution in [0.15, 0.2) is 12.1 Å². The standard InChI is InChI=1S/C13H18F2N2O/c1-13(2,3)7-17(4)12(18)9-5-8(14)6-10(16)11(9)15/h5-6H,7,16H2,1-4H3. The molecule has 2 N–H and O–H groups in total. The monoisotopic (exact) mass is 256 g/mol. The average Bonchev–Trinajstić information content (AvgIpc) is 2.19. The third-order valence-electron chi connectivity index (χ3n) is 2.35. The van der Waals surface area contributed by atoms with Crippen molar-refractivity contribution in [3.8, 4) is 0 Å². The minimum absolute atomic E-state index is 0.125. The van der Waals surface area contributed by atoms with Crippen LogP contribution < -0.4 is 5.73 Å². The average molecular weight is 256 g/mol. The fraction of sp³-hybridized carbons (Fsp3) is 0.462. The van der Waals surface area contributed by atoms with Gasteiger partial charge in [0.05, 0.1) is 11.3 Å². The van der Waals surface area contributed by atoms with Crippen LogP contribution in [0, 0.1) is 17.0 Å². The van der Waals surface area contributed by atoms with Crippen molar-refractivity contribution in [3.05, 3.63) is 29.3 Å². The molecular formula is C13H18F2N2O. The van der Waals surface area contributed by atoms with Gasteiger partial charge in [0.1, 0.15) is 5.82 Å². The van der Waals surface area contributed by atoms with Crippen molar-refractivity contribution in [1.82, 2.24) is 4.90 Å². The molecule has 1 aromatic carbocycles. The fourth-order valence-electron chi connectivity index (χ4n) is 1.75. The van der Waals surface area contributed by atoms with Crippen LogP contribution in [0.2, 0.25) is 0 Å². The summed E-state index contributed by atoms with van der Waals surface area (Å²) in [7, 11) is 1.55. The molecule has 0 aliphatic heterocycles. The van der Waals surface area contributed by atoms with E-state index in [0.29, 0.717) is 6.54 Å². The number of anilines is 1. The van der Waals surface area contributed by atoms with Gasteiger partial charge in [0.15, 0.2) is 5.82 Å². The van der Waals surface area contributed by atoms with Crippen LogP contribution in [0.1, 0.15) is 31.1 Å². The summed E-state index contributed by atoms with van der Waals surface area (Å²) in [5.74, 6) is -2.17. The van der Waals surface area contributed by atoms with E-state index in [2.05, 4.69) is 0 Å². The number of hydrogen-bond donors (Lipinski definition) is 1. The number of carbonyl (C=O) groups is 1. The molecule has 100 valence electrons. The van der Waals surface area contributed by atoms with Crippen molar-refractivity contribution in [2.24, 2.45) is 5.41 Å². The van der Waals surface area contributed by atoms with Gasteiger partial charge in [0, 0.05) is 13.6 Å². The molecule has 0 aliphatic carbocycles. The molecule has 0 saturated heterocycles. The van der Waals surface area contributed by atoms with Gasteiger partial charge in [-0.2, -0.15) is 0 Å². The lowest BCUT2D eigenvalue weighted by molar-refractivity contribution is 0.0740. The van der Waals surface area contributed by atoms with Crippen molar-refractivity contribution < 1.29 is 13.6 Å². The lowest BCUT2D eigenvalue weighted by Crippen LogP contribution is -2.35. The number of rotatable bonds is 2. The molecule has 0 heterocycles. The Balaban J connectivity index is 3.04. The van der Waals surface area contributed by atoms with E-state index < -0.39 is 17.5 Å². The number of benzene rings is 1. The Hall–Kier alpha value is -1.65. The first-order valence-corrected chi connectivity index (χ1v) is 5.62. The molecule has 0 unspecified atom stereocenters. The lowest BCUT2D eigenvalue weighted by atomic mass is 9.96. The molecule has 0 radical (unpaired) electrons. The smallest absolute Gasteiger partial charge is 0.256 e. The second kappa shape index (κ2) is 4.92. The molecule has 0 aliphatic rings. The number of amides is 1. The highest BCUT2D eigenvalue weighted by atomic mass is 19.1. The van der Waals surface area contributed by atoms with Crippen LogP contribution in [0.4, 0.5) is 14.5 Å². The van der Waals surface area contributed by atoms with Crippen LogP contribution >= 0.6 is 0 Å². The number of halogens is 2. The van der Waals surface area contributed by atoms with Crippen molar-refractivity contribution in [2.75, 3.05) is 19.3 Å². The molecule has 3 nitrogen and oxygen atoms in total. The molecule has 0 aromatic heterocycles. The molecule has 1 rings (SSSR count). The van der Waals surface area contributed by atoms with Gasteiger partial charge in [-0.15, -0.1) is 0 Å². The zero-order valence-electron chi connectivity index (χ0n) is 11.1. The quantitative estimate of drug-likeness (QED) is 0.827. The predicted octanol–water partition coefficient (Wildman–Crippen LogP) is 2.67. The zero-order chi connectivity index (χ0) is 14.1. The Morgan fingerprint density at radius 3 is 2.39 bits per heavy atom. The summed E-state index contributed by atoms with van der Waals surface area (Å²) in [4.78, 5) is 13.4. The second-order valence-electron chi connectivity index (χ2n) is 5.58. The number of nitrogens with two attached hydrogens (primary N) is 1. The van der Waals surface area contributed by atoms with Gasteiger partial charge in [-0.3, -0.25) is 4.79 Å². The Morgan fingerprint density at radius 2 is 1.89 bits per heavy atom. The van der Waals surface area contributed by atoms with Gasteiger partial charge < -0.3 is 10.6 Å². The van der Waals surface area contributed by atoms with Gasteiger partial charge in [0.2, 0.25) is 0 Å². The minimum Gasteiger partial charge on any atom is -0.396 e. The van der Waals surface area contributed by atoms with E-state index in [-0.39, 0.29) is 16.7 Å². The van der Waals surface area contributed by atoms with Gasteiger partial charge in [-0.1, -0.05) is 20.8 Å². The highest BCUT2D eigenvalue weighted by molar-refractivity contribution is 5.95. The molecule has 0 bridgehead atoms. The maximum absolute atomic E-state index is 13.7. The largest absolute Gasteiger partial charge is 0.396 e. The summed E-state index contributed by atoms with van der Waals surface area (Å²) in [5, 5.41) is 0. The molecule has 1 amide bonds. The highest BCUT2D eigenvalue weighted by Crippen LogP contribution is 2.21. The number of carbonyl (C=O) groups excluding carboxylic acids is 1. The summed E-state index contributed by atoms with van der Waals surface area (Å²) < 4.78 is 26.8. The Labute approximate surface area is 106 Å². The third kappa shape index (κ3) is 3.42. The molecular weight excluding hydrogens is 238 g/mol. The van der Waals surface area contributed by atoms with Crippen LogP contribution in [0.25, 0.3) is 0 Å². The Morgan fingerprint density at radius 1 is 1.33 bits per heavy atom. The fourth-order valence-corrected chi connectivity index (χ4v) is 1.75. The van der Waals surface area contributed by atoms with E-state index in [1.165, 1.54) is 4.90 Å². The van der Waals surface area contributed by atoms with E-state index in [0.717, 1.165) is 12.1 Å². The SMILES string of the molecule is CN(CC(C)(C)C)C(=O)c1cc(F)cc(N)c1F. The molecule has 0 fully saturated rings. The maximum atomic E-state index is 13.7. The normalized spacial score (nSPS) is 11.4. The van der Waals surface area contributed by atoms with Gasteiger partial charge in [0.25, 0.3) is 5.91 Å². The van der Waals surface area contributed by atoms with E-state index >= 15 is 0 Å². The topological polar surface area (TPSA) is 46.3 Å². The molecule has 5 heteroatoms. The van der Waals surface area contributed by atoms with Crippen LogP contribution in [0.5, 0.6) is 0 Å². The van der Waals surface area contributed by atoms with Gasteiger partial charge >= 0.3 is 0 Å². The van der Waals surface area contributed by atoms with E-state index in [1.54, 1.807) is 7.05 Å². The molecule has 0 spiro atoms. The number of nitrogen functional groups attached to an aromatic ring is 1. The summed E-state index contributed by atoms with van der Waals surface area (Å²) in [6.07, 6.45) is 0. The van der Waals surface area contributed by atoms with Crippen molar-refractivity contribution in [3.63, 3.8) is 0 Å². The highest BCUT2D eigenvalue weighted by Gasteiger charge is 2.22. The number of hydrogen-bond acceptors (Lipinski definition) is 2. The van der Waals surface area contributed by atoms with Crippen molar-refractivity contribution in [2.45, 2.75) is 20.8 Å². The summed E-state index contributed by atoms with van der Waals surface area (Å²) in [6.45, 7) is 6.29. The van der Waals surface area contributed by atoms with Crippen LogP contribution in [-0.4, -0.2) is 24.4 Å². The van der Waals surface area contributed by atoms with Crippen molar-refractivity contribution >= 4 is 11.6 Å². The van der Waals surface area contributed by atoms with E-state index in [1.807, 2.05) is 20.8 Å². The Kier molecular flexibility index (Phi) is 3.94.